The molecule has 0 aliphatic carbocycles. The Kier molecular flexibility index (Phi) is 7.56. The number of nitrogens with two attached hydrogens (primary N) is 1. The zero-order valence-corrected chi connectivity index (χ0v) is 13.4. The molecule has 0 saturated heterocycles. The van der Waals surface area contributed by atoms with E-state index in [2.05, 4.69) is 15.4 Å². The normalized spacial score (nSPS) is 11.5. The van der Waals surface area contributed by atoms with Gasteiger partial charge in [-0.2, -0.15) is 5.10 Å². The number of hydrogen-bond donors (Lipinski definition) is 2. The number of rotatable bonds is 7. The number of carbonyl (C=O) groups is 1. The molecule has 1 atom stereocenters. The number of aryl methyl sites for hydroxylation is 2. The van der Waals surface area contributed by atoms with Crippen LogP contribution in [0.5, 0.6) is 0 Å². The molecule has 0 saturated carbocycles. The van der Waals surface area contributed by atoms with Crippen molar-refractivity contribution in [2.24, 2.45) is 5.73 Å². The largest absolute Gasteiger partial charge is 0.320 e. The predicted molar refractivity (Wildman–Crippen MR) is 88.9 cm³/mol. The molecule has 1 amide bonds. The molecule has 2 heterocycles. The van der Waals surface area contributed by atoms with Crippen molar-refractivity contribution >= 4 is 24.1 Å². The average Bonchev–Trinajstić information content (AvgIpc) is 2.94. The smallest absolute Gasteiger partial charge is 0.242 e. The van der Waals surface area contributed by atoms with E-state index in [1.807, 2.05) is 25.3 Å². The average molecular weight is 324 g/mol. The van der Waals surface area contributed by atoms with Crippen LogP contribution in [0.15, 0.2) is 36.8 Å². The second-order valence-corrected chi connectivity index (χ2v) is 4.95. The lowest BCUT2D eigenvalue weighted by atomic mass is 10.2. The van der Waals surface area contributed by atoms with Gasteiger partial charge in [-0.3, -0.25) is 14.5 Å². The summed E-state index contributed by atoms with van der Waals surface area (Å²) >= 11 is 0. The van der Waals surface area contributed by atoms with Gasteiger partial charge >= 0.3 is 0 Å². The molecule has 0 aromatic carbocycles. The number of anilines is 1. The maximum Gasteiger partial charge on any atom is 0.242 e. The molecule has 1 unspecified atom stereocenters. The number of hydrogen-bond acceptors (Lipinski definition) is 4. The fourth-order valence-electron chi connectivity index (χ4n) is 2.01. The van der Waals surface area contributed by atoms with Crippen molar-refractivity contribution in [1.82, 2.24) is 14.8 Å². The molecule has 0 aliphatic rings. The number of nitrogens with zero attached hydrogens (tertiary/aromatic N) is 3. The van der Waals surface area contributed by atoms with E-state index in [-0.39, 0.29) is 18.3 Å². The van der Waals surface area contributed by atoms with Crippen molar-refractivity contribution in [1.29, 1.82) is 0 Å². The SMILES string of the molecule is CCCC(N)C(=O)Nc1ccn(CCc2ccncc2)n1.Cl. The van der Waals surface area contributed by atoms with Crippen LogP contribution in [0.3, 0.4) is 0 Å². The minimum Gasteiger partial charge on any atom is -0.320 e. The van der Waals surface area contributed by atoms with Gasteiger partial charge in [-0.1, -0.05) is 13.3 Å². The Hall–Kier alpha value is -1.92. The third-order valence-corrected chi connectivity index (χ3v) is 3.21. The van der Waals surface area contributed by atoms with Crippen LogP contribution in [-0.4, -0.2) is 26.7 Å². The van der Waals surface area contributed by atoms with Crippen molar-refractivity contribution in [2.45, 2.75) is 38.8 Å². The van der Waals surface area contributed by atoms with E-state index in [0.717, 1.165) is 19.4 Å². The Bertz CT molecular complexity index is 572. The monoisotopic (exact) mass is 323 g/mol. The molecule has 0 aliphatic heterocycles. The Balaban J connectivity index is 0.00000242. The Morgan fingerprint density at radius 3 is 2.77 bits per heavy atom. The quantitative estimate of drug-likeness (QED) is 0.816. The molecule has 120 valence electrons. The third-order valence-electron chi connectivity index (χ3n) is 3.21. The summed E-state index contributed by atoms with van der Waals surface area (Å²) in [6, 6.07) is 5.27. The summed E-state index contributed by atoms with van der Waals surface area (Å²) in [7, 11) is 0. The second kappa shape index (κ2) is 9.17. The zero-order chi connectivity index (χ0) is 15.1. The Morgan fingerprint density at radius 2 is 2.09 bits per heavy atom. The fraction of sp³-hybridized carbons (Fsp3) is 0.400. The highest BCUT2D eigenvalue weighted by molar-refractivity contribution is 5.93. The molecule has 22 heavy (non-hydrogen) atoms. The molecule has 3 N–H and O–H groups in total. The van der Waals surface area contributed by atoms with Crippen molar-refractivity contribution in [3.63, 3.8) is 0 Å². The van der Waals surface area contributed by atoms with Crippen molar-refractivity contribution in [3.8, 4) is 0 Å². The summed E-state index contributed by atoms with van der Waals surface area (Å²) in [6.07, 6.45) is 7.83. The van der Waals surface area contributed by atoms with E-state index in [1.54, 1.807) is 23.1 Å². The van der Waals surface area contributed by atoms with E-state index < -0.39 is 6.04 Å². The minimum absolute atomic E-state index is 0. The lowest BCUT2D eigenvalue weighted by Gasteiger charge is -2.09. The first-order chi connectivity index (χ1) is 10.2. The number of pyridine rings is 1. The van der Waals surface area contributed by atoms with Gasteiger partial charge < -0.3 is 11.1 Å². The Labute approximate surface area is 136 Å². The highest BCUT2D eigenvalue weighted by Gasteiger charge is 2.13. The summed E-state index contributed by atoms with van der Waals surface area (Å²) in [5.41, 5.74) is 6.97. The van der Waals surface area contributed by atoms with Crippen LogP contribution in [0.4, 0.5) is 5.82 Å². The van der Waals surface area contributed by atoms with E-state index >= 15 is 0 Å². The van der Waals surface area contributed by atoms with Gasteiger partial charge in [0.2, 0.25) is 5.91 Å². The van der Waals surface area contributed by atoms with E-state index in [4.69, 9.17) is 5.73 Å². The first-order valence-electron chi connectivity index (χ1n) is 7.18. The maximum atomic E-state index is 11.8. The van der Waals surface area contributed by atoms with Crippen LogP contribution in [0, 0.1) is 0 Å². The van der Waals surface area contributed by atoms with Crippen molar-refractivity contribution < 1.29 is 4.79 Å². The van der Waals surface area contributed by atoms with Crippen LogP contribution in [0.2, 0.25) is 0 Å². The maximum absolute atomic E-state index is 11.8. The van der Waals surface area contributed by atoms with Gasteiger partial charge in [0.05, 0.1) is 6.04 Å². The number of amides is 1. The summed E-state index contributed by atoms with van der Waals surface area (Å²) in [6.45, 7) is 2.75. The highest BCUT2D eigenvalue weighted by Crippen LogP contribution is 2.06. The molecule has 0 bridgehead atoms. The van der Waals surface area contributed by atoms with Gasteiger partial charge in [0, 0.05) is 31.2 Å². The highest BCUT2D eigenvalue weighted by atomic mass is 35.5. The molecule has 2 rings (SSSR count). The van der Waals surface area contributed by atoms with E-state index in [0.29, 0.717) is 12.2 Å². The van der Waals surface area contributed by atoms with Gasteiger partial charge in [-0.15, -0.1) is 12.4 Å². The molecule has 6 nitrogen and oxygen atoms in total. The zero-order valence-electron chi connectivity index (χ0n) is 12.6. The lowest BCUT2D eigenvalue weighted by Crippen LogP contribution is -2.35. The first-order valence-corrected chi connectivity index (χ1v) is 7.18. The standard InChI is InChI=1S/C15H21N5O.ClH/c1-2-3-13(16)15(21)18-14-7-11-20(19-14)10-6-12-4-8-17-9-5-12;/h4-5,7-9,11,13H,2-3,6,10,16H2,1H3,(H,18,19,21);1H. The molecule has 0 spiro atoms. The van der Waals surface area contributed by atoms with Crippen LogP contribution < -0.4 is 11.1 Å². The third kappa shape index (κ3) is 5.46. The van der Waals surface area contributed by atoms with Gasteiger partial charge in [-0.25, -0.2) is 0 Å². The Morgan fingerprint density at radius 1 is 1.36 bits per heavy atom. The van der Waals surface area contributed by atoms with Gasteiger partial charge in [0.1, 0.15) is 0 Å². The predicted octanol–water partition coefficient (Wildman–Crippen LogP) is 2.01. The van der Waals surface area contributed by atoms with Gasteiger partial charge in [0.15, 0.2) is 5.82 Å². The lowest BCUT2D eigenvalue weighted by molar-refractivity contribution is -0.117. The molecular weight excluding hydrogens is 302 g/mol. The number of nitrogens with one attached hydrogen (secondary N) is 1. The minimum atomic E-state index is -0.475. The van der Waals surface area contributed by atoms with Crippen LogP contribution in [0.1, 0.15) is 25.3 Å². The van der Waals surface area contributed by atoms with Gasteiger partial charge in [-0.05, 0) is 30.5 Å². The van der Waals surface area contributed by atoms with Crippen molar-refractivity contribution in [3.05, 3.63) is 42.4 Å². The van der Waals surface area contributed by atoms with E-state index in [1.165, 1.54) is 5.56 Å². The summed E-state index contributed by atoms with van der Waals surface area (Å²) < 4.78 is 1.81. The summed E-state index contributed by atoms with van der Waals surface area (Å²) in [5.74, 6) is 0.359. The number of halogens is 1. The second-order valence-electron chi connectivity index (χ2n) is 4.95. The molecular formula is C15H22ClN5O. The molecule has 0 fully saturated rings. The van der Waals surface area contributed by atoms with Gasteiger partial charge in [0.25, 0.3) is 0 Å². The van der Waals surface area contributed by atoms with Crippen LogP contribution >= 0.6 is 12.4 Å². The molecule has 2 aromatic rings. The topological polar surface area (TPSA) is 85.8 Å². The van der Waals surface area contributed by atoms with Crippen molar-refractivity contribution in [2.75, 3.05) is 5.32 Å². The molecule has 7 heteroatoms. The number of carbonyl (C=O) groups excluding carboxylic acids is 1. The molecule has 2 aromatic heterocycles. The van der Waals surface area contributed by atoms with E-state index in [9.17, 15) is 4.79 Å². The van der Waals surface area contributed by atoms with Crippen LogP contribution in [-0.2, 0) is 17.8 Å². The summed E-state index contributed by atoms with van der Waals surface area (Å²) in [4.78, 5) is 15.8. The molecule has 0 radical (unpaired) electrons. The number of aromatic nitrogens is 3. The first kappa shape index (κ1) is 18.1. The fourth-order valence-corrected chi connectivity index (χ4v) is 2.01. The summed E-state index contributed by atoms with van der Waals surface area (Å²) in [5, 5.41) is 7.06. The van der Waals surface area contributed by atoms with Crippen LogP contribution in [0.25, 0.3) is 0 Å².